The molecule has 0 aliphatic heterocycles. The van der Waals surface area contributed by atoms with Gasteiger partial charge in [-0.2, -0.15) is 37.6 Å². The fraction of sp³-hybridized carbons (Fsp3) is 0.130. The molecule has 0 amide bonds. The van der Waals surface area contributed by atoms with Crippen molar-refractivity contribution in [2.24, 2.45) is 10.2 Å². The van der Waals surface area contributed by atoms with Gasteiger partial charge >= 0.3 is 12.5 Å². The van der Waals surface area contributed by atoms with Crippen LogP contribution in [0.15, 0.2) is 71.0 Å². The number of nitrogens with zero attached hydrogens (tertiary/aromatic N) is 6. The number of benzene rings is 2. The second-order valence-electron chi connectivity index (χ2n) is 7.38. The van der Waals surface area contributed by atoms with E-state index in [0.717, 1.165) is 24.3 Å². The van der Waals surface area contributed by atoms with Crippen LogP contribution in [0, 0.1) is 11.6 Å². The van der Waals surface area contributed by atoms with E-state index in [4.69, 9.17) is 11.6 Å². The minimum Gasteiger partial charge on any atom is -0.428 e. The summed E-state index contributed by atoms with van der Waals surface area (Å²) in [5.74, 6) is -3.11. The van der Waals surface area contributed by atoms with Crippen molar-refractivity contribution >= 4 is 29.2 Å². The maximum absolute atomic E-state index is 14.4. The highest BCUT2D eigenvalue weighted by Gasteiger charge is 2.43. The van der Waals surface area contributed by atoms with Crippen molar-refractivity contribution in [3.05, 3.63) is 83.1 Å². The molecule has 0 unspecified atom stereocenters. The van der Waals surface area contributed by atoms with Crippen molar-refractivity contribution < 1.29 is 31.1 Å². The van der Waals surface area contributed by atoms with E-state index in [0.29, 0.717) is 11.3 Å². The summed E-state index contributed by atoms with van der Waals surface area (Å²) in [5.41, 5.74) is 0.337. The third-order valence-corrected chi connectivity index (χ3v) is 4.86. The number of nitrogens with one attached hydrogen (secondary N) is 1. The largest absolute Gasteiger partial charge is 0.461 e. The highest BCUT2D eigenvalue weighted by molar-refractivity contribution is 6.29. The molecule has 0 aliphatic carbocycles. The van der Waals surface area contributed by atoms with Crippen LogP contribution < -0.4 is 10.1 Å². The van der Waals surface area contributed by atoms with Crippen LogP contribution in [0.2, 0.25) is 5.15 Å². The molecule has 0 fully saturated rings. The van der Waals surface area contributed by atoms with Gasteiger partial charge in [-0.3, -0.25) is 0 Å². The Bertz CT molecular complexity index is 1420. The first kappa shape index (κ1) is 26.7. The van der Waals surface area contributed by atoms with Gasteiger partial charge in [0.25, 0.3) is 5.95 Å². The molecule has 0 radical (unpaired) electrons. The number of rotatable bonds is 9. The van der Waals surface area contributed by atoms with Gasteiger partial charge in [0.15, 0.2) is 5.82 Å². The van der Waals surface area contributed by atoms with Gasteiger partial charge in [-0.05, 0) is 42.0 Å². The maximum atomic E-state index is 14.4. The van der Waals surface area contributed by atoms with Crippen molar-refractivity contribution in [3.8, 4) is 17.1 Å². The fourth-order valence-corrected chi connectivity index (χ4v) is 3.02. The lowest BCUT2D eigenvalue weighted by atomic mass is 10.2. The van der Waals surface area contributed by atoms with Crippen molar-refractivity contribution in [1.82, 2.24) is 19.9 Å². The molecule has 2 aromatic carbocycles. The second-order valence-corrected chi connectivity index (χ2v) is 7.77. The quantitative estimate of drug-likeness (QED) is 0.134. The molecule has 2 aromatic heterocycles. The molecule has 2 heterocycles. The summed E-state index contributed by atoms with van der Waals surface area (Å²) in [6.07, 6.45) is -7.25. The Morgan fingerprint density at radius 1 is 0.947 bits per heavy atom. The fourth-order valence-electron chi connectivity index (χ4n) is 2.91. The molecule has 0 bridgehead atoms. The summed E-state index contributed by atoms with van der Waals surface area (Å²) in [6, 6.07) is 11.0. The Morgan fingerprint density at radius 2 is 1.66 bits per heavy atom. The molecule has 15 heteroatoms. The molecule has 0 aliphatic rings. The number of aromatic nitrogens is 4. The normalized spacial score (nSPS) is 11.8. The smallest absolute Gasteiger partial charge is 0.428 e. The van der Waals surface area contributed by atoms with Crippen molar-refractivity contribution in [3.63, 3.8) is 0 Å². The highest BCUT2D eigenvalue weighted by Crippen LogP contribution is 2.28. The van der Waals surface area contributed by atoms with Crippen molar-refractivity contribution in [2.75, 3.05) is 5.32 Å². The van der Waals surface area contributed by atoms with Crippen molar-refractivity contribution in [2.45, 2.75) is 19.1 Å². The van der Waals surface area contributed by atoms with Crippen LogP contribution in [0.4, 0.5) is 43.9 Å². The molecule has 38 heavy (non-hydrogen) atoms. The Kier molecular flexibility index (Phi) is 8.00. The number of alkyl halides is 4. The van der Waals surface area contributed by atoms with Crippen LogP contribution >= 0.6 is 11.6 Å². The van der Waals surface area contributed by atoms with Gasteiger partial charge in [-0.1, -0.05) is 29.8 Å². The monoisotopic (exact) mass is 553 g/mol. The molecular weight excluding hydrogens is 540 g/mol. The standard InChI is InChI=1S/C23H14ClF6N7O/c24-17-9-6-13(11-31-17)33-21-34-19(18-15(25)2-1-3-16(18)26)35-22(36-21)37-32-10-12-4-7-14(8-5-12)38-23(29,30)20(27)28/h1-9,11,20H,10H2,(H,33,34,35,36). The zero-order chi connectivity index (χ0) is 27.3. The molecule has 4 rings (SSSR count). The van der Waals surface area contributed by atoms with Crippen LogP contribution in [0.5, 0.6) is 5.75 Å². The SMILES string of the molecule is Fc1cccc(F)c1-c1nc(N=NCc2ccc(OC(F)(F)C(F)F)cc2)nc(Nc2ccc(Cl)nc2)n1. The summed E-state index contributed by atoms with van der Waals surface area (Å²) in [7, 11) is 0. The lowest BCUT2D eigenvalue weighted by Gasteiger charge is -2.16. The van der Waals surface area contributed by atoms with Gasteiger partial charge in [-0.25, -0.2) is 13.8 Å². The van der Waals surface area contributed by atoms with E-state index in [9.17, 15) is 26.3 Å². The van der Waals surface area contributed by atoms with Crippen LogP contribution in [-0.2, 0) is 6.54 Å². The zero-order valence-electron chi connectivity index (χ0n) is 18.8. The maximum Gasteiger partial charge on any atom is 0.461 e. The molecule has 8 nitrogen and oxygen atoms in total. The number of azo groups is 1. The molecule has 1 N–H and O–H groups in total. The topological polar surface area (TPSA) is 97.5 Å². The number of anilines is 2. The van der Waals surface area contributed by atoms with E-state index < -0.39 is 35.5 Å². The highest BCUT2D eigenvalue weighted by atomic mass is 35.5. The molecule has 0 saturated carbocycles. The Morgan fingerprint density at radius 3 is 2.29 bits per heavy atom. The van der Waals surface area contributed by atoms with Gasteiger partial charge in [-0.15, -0.1) is 5.11 Å². The number of hydrogen-bond donors (Lipinski definition) is 1. The molecule has 0 saturated heterocycles. The van der Waals surface area contributed by atoms with Crippen LogP contribution in [0.3, 0.4) is 0 Å². The molecule has 0 spiro atoms. The summed E-state index contributed by atoms with van der Waals surface area (Å²) in [5, 5.41) is 10.8. The number of pyridine rings is 1. The predicted octanol–water partition coefficient (Wildman–Crippen LogP) is 7.13. The Balaban J connectivity index is 1.57. The first-order valence-corrected chi connectivity index (χ1v) is 10.9. The number of ether oxygens (including phenoxy) is 1. The van der Waals surface area contributed by atoms with E-state index >= 15 is 0 Å². The number of hydrogen-bond acceptors (Lipinski definition) is 8. The Hall–Kier alpha value is -4.33. The molecular formula is C23H14ClF6N7O. The lowest BCUT2D eigenvalue weighted by Crippen LogP contribution is -2.33. The van der Waals surface area contributed by atoms with E-state index in [2.05, 4.69) is 40.2 Å². The van der Waals surface area contributed by atoms with Gasteiger partial charge in [0.05, 0.1) is 24.0 Å². The molecule has 0 atom stereocenters. The van der Waals surface area contributed by atoms with Gasteiger partial charge in [0.2, 0.25) is 5.95 Å². The van der Waals surface area contributed by atoms with E-state index in [-0.39, 0.29) is 29.4 Å². The summed E-state index contributed by atoms with van der Waals surface area (Å²) in [6.45, 7) is -0.107. The zero-order valence-corrected chi connectivity index (χ0v) is 19.6. The number of halogens is 7. The van der Waals surface area contributed by atoms with Gasteiger partial charge < -0.3 is 10.1 Å². The first-order valence-electron chi connectivity index (χ1n) is 10.5. The second kappa shape index (κ2) is 11.4. The summed E-state index contributed by atoms with van der Waals surface area (Å²) < 4.78 is 83.4. The Labute approximate surface area is 215 Å². The molecule has 196 valence electrons. The minimum atomic E-state index is -4.64. The summed E-state index contributed by atoms with van der Waals surface area (Å²) >= 11 is 5.78. The van der Waals surface area contributed by atoms with Crippen LogP contribution in [-0.4, -0.2) is 32.5 Å². The first-order chi connectivity index (χ1) is 18.1. The summed E-state index contributed by atoms with van der Waals surface area (Å²) in [4.78, 5) is 16.0. The van der Waals surface area contributed by atoms with Crippen LogP contribution in [0.25, 0.3) is 11.4 Å². The minimum absolute atomic E-state index is 0.107. The van der Waals surface area contributed by atoms with E-state index in [1.54, 1.807) is 6.07 Å². The van der Waals surface area contributed by atoms with Crippen molar-refractivity contribution in [1.29, 1.82) is 0 Å². The van der Waals surface area contributed by atoms with Gasteiger partial charge in [0.1, 0.15) is 22.5 Å². The van der Waals surface area contributed by atoms with E-state index in [1.165, 1.54) is 30.5 Å². The predicted molar refractivity (Wildman–Crippen MR) is 124 cm³/mol. The van der Waals surface area contributed by atoms with Gasteiger partial charge in [0, 0.05) is 0 Å². The third kappa shape index (κ3) is 6.70. The average molecular weight is 554 g/mol. The van der Waals surface area contributed by atoms with Crippen LogP contribution in [0.1, 0.15) is 5.56 Å². The molecule has 4 aromatic rings. The van der Waals surface area contributed by atoms with E-state index in [1.807, 2.05) is 0 Å². The third-order valence-electron chi connectivity index (χ3n) is 4.64. The lowest BCUT2D eigenvalue weighted by molar-refractivity contribution is -0.253. The average Bonchev–Trinajstić information content (AvgIpc) is 2.86.